The first-order valence-corrected chi connectivity index (χ1v) is 8.31. The molecule has 2 heteroatoms. The Hall–Kier alpha value is -0.860. The van der Waals surface area contributed by atoms with Crippen molar-refractivity contribution in [3.63, 3.8) is 0 Å². The van der Waals surface area contributed by atoms with Crippen LogP contribution < -0.4 is 5.32 Å². The van der Waals surface area contributed by atoms with Gasteiger partial charge in [0.1, 0.15) is 0 Å². The van der Waals surface area contributed by atoms with Gasteiger partial charge >= 0.3 is 0 Å². The van der Waals surface area contributed by atoms with Crippen LogP contribution in [0.25, 0.3) is 0 Å². The molecule has 0 radical (unpaired) electrons. The smallest absolute Gasteiger partial charge is 0.0388 e. The number of rotatable bonds is 5. The Balaban J connectivity index is 1.80. The maximum absolute atomic E-state index is 3.76. The standard InChI is InChI=1S/C18H28N2/c1-3-14-7-4-5-9-17(14)18-15(8-6-12-20(18)2)13-19-16-10-11-16/h4-5,7,9,15-16,18-19H,3,6,8,10-13H2,1-2H3. The molecule has 0 aromatic heterocycles. The van der Waals surface area contributed by atoms with Crippen LogP contribution >= 0.6 is 0 Å². The van der Waals surface area contributed by atoms with E-state index in [9.17, 15) is 0 Å². The van der Waals surface area contributed by atoms with Gasteiger partial charge in [-0.2, -0.15) is 0 Å². The Labute approximate surface area is 123 Å². The molecule has 1 aliphatic heterocycles. The summed E-state index contributed by atoms with van der Waals surface area (Å²) in [6.45, 7) is 4.71. The number of nitrogens with one attached hydrogen (secondary N) is 1. The van der Waals surface area contributed by atoms with Crippen LogP contribution in [0.5, 0.6) is 0 Å². The quantitative estimate of drug-likeness (QED) is 0.884. The van der Waals surface area contributed by atoms with E-state index in [4.69, 9.17) is 0 Å². The molecule has 0 amide bonds. The molecular formula is C18H28N2. The zero-order chi connectivity index (χ0) is 13.9. The van der Waals surface area contributed by atoms with Crippen LogP contribution in [0.3, 0.4) is 0 Å². The van der Waals surface area contributed by atoms with Gasteiger partial charge in [-0.15, -0.1) is 0 Å². The minimum absolute atomic E-state index is 0.603. The summed E-state index contributed by atoms with van der Waals surface area (Å²) >= 11 is 0. The third kappa shape index (κ3) is 3.07. The largest absolute Gasteiger partial charge is 0.314 e. The molecule has 20 heavy (non-hydrogen) atoms. The highest BCUT2D eigenvalue weighted by atomic mass is 15.1. The molecule has 1 aliphatic carbocycles. The van der Waals surface area contributed by atoms with Crippen molar-refractivity contribution in [3.05, 3.63) is 35.4 Å². The highest BCUT2D eigenvalue weighted by Crippen LogP contribution is 2.37. The van der Waals surface area contributed by atoms with Gasteiger partial charge in [-0.1, -0.05) is 31.2 Å². The van der Waals surface area contributed by atoms with Crippen molar-refractivity contribution in [2.75, 3.05) is 20.1 Å². The fourth-order valence-corrected chi connectivity index (χ4v) is 3.71. The fourth-order valence-electron chi connectivity index (χ4n) is 3.71. The van der Waals surface area contributed by atoms with Gasteiger partial charge in [-0.05, 0) is 62.7 Å². The van der Waals surface area contributed by atoms with Gasteiger partial charge in [0.25, 0.3) is 0 Å². The minimum atomic E-state index is 0.603. The lowest BCUT2D eigenvalue weighted by molar-refractivity contribution is 0.118. The number of likely N-dealkylation sites (tertiary alicyclic amines) is 1. The molecule has 0 spiro atoms. The van der Waals surface area contributed by atoms with Gasteiger partial charge in [-0.3, -0.25) is 4.90 Å². The molecule has 1 aromatic carbocycles. The van der Waals surface area contributed by atoms with E-state index in [1.54, 1.807) is 5.56 Å². The molecule has 2 atom stereocenters. The Bertz CT molecular complexity index is 439. The van der Waals surface area contributed by atoms with Crippen LogP contribution in [0.1, 0.15) is 49.8 Å². The Morgan fingerprint density at radius 2 is 2.00 bits per heavy atom. The number of aryl methyl sites for hydroxylation is 1. The van der Waals surface area contributed by atoms with Crippen LogP contribution in [0.4, 0.5) is 0 Å². The summed E-state index contributed by atoms with van der Waals surface area (Å²) in [6, 6.07) is 10.5. The Morgan fingerprint density at radius 1 is 1.20 bits per heavy atom. The van der Waals surface area contributed by atoms with Gasteiger partial charge < -0.3 is 5.32 Å². The first-order valence-electron chi connectivity index (χ1n) is 8.31. The predicted octanol–water partition coefficient (Wildman–Crippen LogP) is 3.38. The third-order valence-corrected chi connectivity index (χ3v) is 5.01. The van der Waals surface area contributed by atoms with Crippen LogP contribution in [-0.4, -0.2) is 31.1 Å². The molecule has 2 unspecified atom stereocenters. The Kier molecular flexibility index (Phi) is 4.42. The van der Waals surface area contributed by atoms with Gasteiger partial charge in [0, 0.05) is 18.6 Å². The minimum Gasteiger partial charge on any atom is -0.314 e. The van der Waals surface area contributed by atoms with E-state index in [1.807, 2.05) is 0 Å². The monoisotopic (exact) mass is 272 g/mol. The lowest BCUT2D eigenvalue weighted by Crippen LogP contribution is -2.41. The van der Waals surface area contributed by atoms with Crippen molar-refractivity contribution < 1.29 is 0 Å². The third-order valence-electron chi connectivity index (χ3n) is 5.01. The van der Waals surface area contributed by atoms with Crippen molar-refractivity contribution in [2.24, 2.45) is 5.92 Å². The topological polar surface area (TPSA) is 15.3 Å². The first-order chi connectivity index (χ1) is 9.79. The summed E-state index contributed by atoms with van der Waals surface area (Å²) in [6.07, 6.45) is 6.63. The maximum Gasteiger partial charge on any atom is 0.0388 e. The molecule has 3 rings (SSSR count). The van der Waals surface area contributed by atoms with Crippen molar-refractivity contribution in [3.8, 4) is 0 Å². The molecule has 2 aliphatic rings. The van der Waals surface area contributed by atoms with Gasteiger partial charge in [0.05, 0.1) is 0 Å². The van der Waals surface area contributed by atoms with E-state index >= 15 is 0 Å². The second kappa shape index (κ2) is 6.28. The average Bonchev–Trinajstić information content (AvgIpc) is 3.29. The van der Waals surface area contributed by atoms with Crippen molar-refractivity contribution >= 4 is 0 Å². The normalized spacial score (nSPS) is 27.7. The summed E-state index contributed by atoms with van der Waals surface area (Å²) in [4.78, 5) is 2.58. The molecule has 2 fully saturated rings. The molecule has 0 bridgehead atoms. The molecule has 1 saturated heterocycles. The SMILES string of the molecule is CCc1ccccc1C1C(CNC2CC2)CCCN1C. The van der Waals surface area contributed by atoms with E-state index in [0.29, 0.717) is 6.04 Å². The van der Waals surface area contributed by atoms with Crippen LogP contribution in [0.15, 0.2) is 24.3 Å². The summed E-state index contributed by atoms with van der Waals surface area (Å²) in [5.74, 6) is 0.766. The molecule has 2 nitrogen and oxygen atoms in total. The molecule has 1 N–H and O–H groups in total. The van der Waals surface area contributed by atoms with Gasteiger partial charge in [0.15, 0.2) is 0 Å². The molecule has 1 heterocycles. The lowest BCUT2D eigenvalue weighted by atomic mass is 9.82. The van der Waals surface area contributed by atoms with Crippen molar-refractivity contribution in [2.45, 2.75) is 51.1 Å². The summed E-state index contributed by atoms with van der Waals surface area (Å²) in [5.41, 5.74) is 3.10. The molecule has 1 aromatic rings. The first kappa shape index (κ1) is 14.1. The zero-order valence-corrected chi connectivity index (χ0v) is 12.9. The number of piperidine rings is 1. The molecule has 110 valence electrons. The second-order valence-electron chi connectivity index (χ2n) is 6.56. The summed E-state index contributed by atoms with van der Waals surface area (Å²) < 4.78 is 0. The summed E-state index contributed by atoms with van der Waals surface area (Å²) in [7, 11) is 2.31. The number of nitrogens with zero attached hydrogens (tertiary/aromatic N) is 1. The van der Waals surface area contributed by atoms with E-state index in [2.05, 4.69) is 48.5 Å². The van der Waals surface area contributed by atoms with Crippen LogP contribution in [0.2, 0.25) is 0 Å². The summed E-state index contributed by atoms with van der Waals surface area (Å²) in [5, 5.41) is 3.76. The molecule has 1 saturated carbocycles. The second-order valence-corrected chi connectivity index (χ2v) is 6.56. The predicted molar refractivity (Wildman–Crippen MR) is 84.9 cm³/mol. The van der Waals surface area contributed by atoms with Crippen molar-refractivity contribution in [1.29, 1.82) is 0 Å². The number of hydrogen-bond acceptors (Lipinski definition) is 2. The van der Waals surface area contributed by atoms with E-state index in [0.717, 1.165) is 18.4 Å². The zero-order valence-electron chi connectivity index (χ0n) is 12.9. The van der Waals surface area contributed by atoms with Crippen LogP contribution in [0, 0.1) is 5.92 Å². The van der Waals surface area contributed by atoms with E-state index < -0.39 is 0 Å². The average molecular weight is 272 g/mol. The van der Waals surface area contributed by atoms with E-state index in [1.165, 1.54) is 44.3 Å². The maximum atomic E-state index is 3.76. The van der Waals surface area contributed by atoms with E-state index in [-0.39, 0.29) is 0 Å². The number of hydrogen-bond donors (Lipinski definition) is 1. The Morgan fingerprint density at radius 3 is 2.75 bits per heavy atom. The van der Waals surface area contributed by atoms with Gasteiger partial charge in [0.2, 0.25) is 0 Å². The van der Waals surface area contributed by atoms with Crippen molar-refractivity contribution in [1.82, 2.24) is 10.2 Å². The fraction of sp³-hybridized carbons (Fsp3) is 0.667. The molecular weight excluding hydrogens is 244 g/mol. The lowest BCUT2D eigenvalue weighted by Gasteiger charge is -2.40. The highest BCUT2D eigenvalue weighted by Gasteiger charge is 2.32. The number of benzene rings is 1. The highest BCUT2D eigenvalue weighted by molar-refractivity contribution is 5.31. The van der Waals surface area contributed by atoms with Crippen LogP contribution in [-0.2, 0) is 6.42 Å². The van der Waals surface area contributed by atoms with Gasteiger partial charge in [-0.25, -0.2) is 0 Å².